The van der Waals surface area contributed by atoms with Gasteiger partial charge >= 0.3 is 25.5 Å². The largest absolute Gasteiger partial charge is 0.673 e. The Morgan fingerprint density at radius 2 is 0.685 bits per heavy atom. The topological polar surface area (TPSA) is 38.3 Å². The summed E-state index contributed by atoms with van der Waals surface area (Å²) in [4.78, 5) is 15.0. The van der Waals surface area contributed by atoms with E-state index in [1.54, 1.807) is 0 Å². The Morgan fingerprint density at radius 1 is 0.426 bits per heavy atom. The van der Waals surface area contributed by atoms with Crippen LogP contribution in [0.15, 0.2) is 133 Å². The van der Waals surface area contributed by atoms with E-state index in [0.29, 0.717) is 0 Å². The molecule has 0 bridgehead atoms. The van der Waals surface area contributed by atoms with Crippen LogP contribution in [0.3, 0.4) is 0 Å². The van der Waals surface area contributed by atoms with Crippen LogP contribution >= 0.6 is 0 Å². The molecule has 7 aromatic rings. The first-order valence-electron chi connectivity index (χ1n) is 16.5. The summed E-state index contributed by atoms with van der Waals surface area (Å²) < 4.78 is 82.3. The third-order valence-corrected chi connectivity index (χ3v) is 8.39. The zero-order chi connectivity index (χ0) is 39.2. The molecule has 7 rings (SSSR count). The Balaban J connectivity index is 0.000000499. The fourth-order valence-electron chi connectivity index (χ4n) is 5.90. The predicted octanol–water partition coefficient (Wildman–Crippen LogP) is 9.26. The molecule has 278 valence electrons. The van der Waals surface area contributed by atoms with E-state index >= 15 is 0 Å². The minimum absolute atomic E-state index is 0.901. The number of para-hydroxylation sites is 4. The zero-order valence-electron chi connectivity index (χ0n) is 29.6. The smallest absolute Gasteiger partial charge is 0.418 e. The standard InChI is InChI=1S/C38H34N6.2BF4/c1-41(27-17-9-5-10-18-27)35-31-25-33-34(26-32(31)36(39-35)42(2)28-19-11-6-12-20-28)38(44(4)30-23-15-8-16-24-30)40-37(33)43(3)29-21-13-7-14-22-29;2*2-1(3,4)5/h5-26H,1-4H3;;/q+2;2*-1. The third kappa shape index (κ3) is 9.68. The number of fused-ring (bicyclic) bond motifs is 2. The van der Waals surface area contributed by atoms with Gasteiger partial charge in [0.15, 0.2) is 0 Å². The van der Waals surface area contributed by atoms with Gasteiger partial charge in [-0.1, -0.05) is 72.8 Å². The maximum absolute atomic E-state index is 9.75. The average Bonchev–Trinajstić information content (AvgIpc) is 3.71. The highest BCUT2D eigenvalue weighted by molar-refractivity contribution is 6.50. The van der Waals surface area contributed by atoms with E-state index in [1.165, 1.54) is 0 Å². The van der Waals surface area contributed by atoms with Gasteiger partial charge in [-0.2, -0.15) is 0 Å². The summed E-state index contributed by atoms with van der Waals surface area (Å²) in [6, 6.07) is 46.1. The van der Waals surface area contributed by atoms with Crippen molar-refractivity contribution in [1.29, 1.82) is 0 Å². The number of anilines is 4. The molecule has 0 fully saturated rings. The van der Waals surface area contributed by atoms with Gasteiger partial charge in [0.05, 0.1) is 35.6 Å². The molecule has 0 radical (unpaired) electrons. The van der Waals surface area contributed by atoms with E-state index in [4.69, 9.17) is 9.97 Å². The molecule has 54 heavy (non-hydrogen) atoms. The van der Waals surface area contributed by atoms with Gasteiger partial charge in [0.25, 0.3) is 11.6 Å². The molecule has 6 nitrogen and oxygen atoms in total. The SMILES string of the molecule is CN(c1ccccc1)c1nc(=[N+](C)c2ccccc2)c2cc3c(N(C)c4ccccc4)nc(=[N+](C)c4ccccc4)c3cc12.F[B-](F)(F)F.F[B-](F)(F)F. The normalized spacial score (nSPS) is 12.7. The van der Waals surface area contributed by atoms with Crippen LogP contribution in [0.4, 0.5) is 68.9 Å². The van der Waals surface area contributed by atoms with Gasteiger partial charge in [-0.3, -0.25) is 0 Å². The molecule has 0 aliphatic heterocycles. The van der Waals surface area contributed by atoms with Crippen molar-refractivity contribution in [2.75, 3.05) is 38.0 Å². The maximum atomic E-state index is 9.75. The Hall–Kier alpha value is -6.05. The van der Waals surface area contributed by atoms with E-state index < -0.39 is 14.5 Å². The van der Waals surface area contributed by atoms with Gasteiger partial charge in [-0.05, 0) is 70.6 Å². The van der Waals surface area contributed by atoms with Crippen LogP contribution in [0.5, 0.6) is 0 Å². The lowest BCUT2D eigenvalue weighted by Gasteiger charge is -2.14. The minimum atomic E-state index is -6.00. The molecule has 0 amide bonds. The summed E-state index contributed by atoms with van der Waals surface area (Å²) in [7, 11) is -3.66. The molecule has 2 heterocycles. The monoisotopic (exact) mass is 748 g/mol. The molecule has 0 spiro atoms. The predicted molar refractivity (Wildman–Crippen MR) is 203 cm³/mol. The molecule has 0 unspecified atom stereocenters. The van der Waals surface area contributed by atoms with Crippen molar-refractivity contribution in [3.63, 3.8) is 0 Å². The average molecular weight is 748 g/mol. The number of aromatic nitrogens is 2. The van der Waals surface area contributed by atoms with Crippen molar-refractivity contribution in [2.45, 2.75) is 0 Å². The first-order chi connectivity index (χ1) is 25.5. The lowest BCUT2D eigenvalue weighted by Crippen LogP contribution is -2.23. The quantitative estimate of drug-likeness (QED) is 0.0967. The highest BCUT2D eigenvalue weighted by Gasteiger charge is 2.29. The van der Waals surface area contributed by atoms with Gasteiger partial charge in [0.1, 0.15) is 11.4 Å². The Bertz CT molecular complexity index is 2250. The summed E-state index contributed by atoms with van der Waals surface area (Å²) in [6.07, 6.45) is 0. The molecule has 0 aliphatic rings. The van der Waals surface area contributed by atoms with Gasteiger partial charge in [-0.25, -0.2) is 9.15 Å². The van der Waals surface area contributed by atoms with E-state index in [2.05, 4.69) is 156 Å². The highest BCUT2D eigenvalue weighted by Crippen LogP contribution is 2.35. The molecular formula is C38H34B2F8N6. The molecule has 2 aromatic heterocycles. The van der Waals surface area contributed by atoms with Crippen molar-refractivity contribution >= 4 is 70.4 Å². The fraction of sp³-hybridized carbons (Fsp3) is 0.105. The zero-order valence-corrected chi connectivity index (χ0v) is 29.6. The van der Waals surface area contributed by atoms with E-state index in [1.807, 2.05) is 24.3 Å². The number of hydrogen-bond donors (Lipinski definition) is 0. The van der Waals surface area contributed by atoms with Gasteiger partial charge < -0.3 is 44.3 Å². The lowest BCUT2D eigenvalue weighted by molar-refractivity contribution is 0.366. The number of hydrogen-bond acceptors (Lipinski definition) is 4. The molecule has 0 aliphatic carbocycles. The van der Waals surface area contributed by atoms with Crippen molar-refractivity contribution in [3.8, 4) is 0 Å². The van der Waals surface area contributed by atoms with E-state index in [9.17, 15) is 34.5 Å². The Labute approximate surface area is 306 Å². The second-order valence-electron chi connectivity index (χ2n) is 12.0. The molecule has 0 atom stereocenters. The third-order valence-electron chi connectivity index (χ3n) is 8.39. The fourth-order valence-corrected chi connectivity index (χ4v) is 5.90. The van der Waals surface area contributed by atoms with Gasteiger partial charge in [0, 0.05) is 25.5 Å². The van der Waals surface area contributed by atoms with Crippen LogP contribution in [0.1, 0.15) is 0 Å². The van der Waals surface area contributed by atoms with Crippen molar-refractivity contribution < 1.29 is 34.5 Å². The number of rotatable bonds is 6. The Morgan fingerprint density at radius 3 is 0.963 bits per heavy atom. The van der Waals surface area contributed by atoms with Crippen LogP contribution < -0.4 is 29.9 Å². The minimum Gasteiger partial charge on any atom is -0.418 e. The Kier molecular flexibility index (Phi) is 11.8. The summed E-state index contributed by atoms with van der Waals surface area (Å²) in [6.45, 7) is 0. The molecule has 0 saturated heterocycles. The van der Waals surface area contributed by atoms with Crippen molar-refractivity contribution in [2.24, 2.45) is 0 Å². The maximum Gasteiger partial charge on any atom is 0.673 e. The number of nitrogens with zero attached hydrogens (tertiary/aromatic N) is 6. The van der Waals surface area contributed by atoms with Crippen LogP contribution in [0, 0.1) is 0 Å². The summed E-state index contributed by atoms with van der Waals surface area (Å²) in [5, 5.41) is 4.30. The van der Waals surface area contributed by atoms with Crippen LogP contribution in [0.25, 0.3) is 21.5 Å². The summed E-state index contributed by atoms with van der Waals surface area (Å²) in [5.41, 5.74) is 6.11. The first-order valence-corrected chi connectivity index (χ1v) is 16.5. The van der Waals surface area contributed by atoms with Crippen molar-refractivity contribution in [3.05, 3.63) is 144 Å². The second-order valence-corrected chi connectivity index (χ2v) is 12.0. The van der Waals surface area contributed by atoms with Crippen molar-refractivity contribution in [1.82, 2.24) is 19.1 Å². The number of benzene rings is 5. The highest BCUT2D eigenvalue weighted by atomic mass is 19.5. The van der Waals surface area contributed by atoms with E-state index in [0.717, 1.165) is 66.9 Å². The molecular weight excluding hydrogens is 714 g/mol. The van der Waals surface area contributed by atoms with Crippen LogP contribution in [0.2, 0.25) is 0 Å². The summed E-state index contributed by atoms with van der Waals surface area (Å²) >= 11 is 0. The van der Waals surface area contributed by atoms with Crippen LogP contribution in [-0.4, -0.2) is 52.7 Å². The molecule has 5 aromatic carbocycles. The summed E-state index contributed by atoms with van der Waals surface area (Å²) in [5.74, 6) is 1.80. The molecule has 16 heteroatoms. The van der Waals surface area contributed by atoms with E-state index in [-0.39, 0.29) is 0 Å². The number of halogens is 8. The molecule has 0 N–H and O–H groups in total. The van der Waals surface area contributed by atoms with Gasteiger partial charge in [0.2, 0.25) is 0 Å². The second kappa shape index (κ2) is 16.3. The lowest BCUT2D eigenvalue weighted by atomic mass is 10.1. The van der Waals surface area contributed by atoms with Crippen LogP contribution in [-0.2, 0) is 0 Å². The first kappa shape index (κ1) is 39.2. The molecule has 0 saturated carbocycles. The van der Waals surface area contributed by atoms with Gasteiger partial charge in [-0.15, -0.1) is 0 Å².